The summed E-state index contributed by atoms with van der Waals surface area (Å²) in [6.07, 6.45) is 1.56. The van der Waals surface area contributed by atoms with Crippen molar-refractivity contribution in [1.82, 2.24) is 9.88 Å². The van der Waals surface area contributed by atoms with Gasteiger partial charge in [-0.25, -0.2) is 4.98 Å². The fourth-order valence-electron chi connectivity index (χ4n) is 2.08. The highest BCUT2D eigenvalue weighted by Crippen LogP contribution is 2.27. The van der Waals surface area contributed by atoms with Gasteiger partial charge in [0.1, 0.15) is 5.56 Å². The average molecular weight is 264 g/mol. The number of methoxy groups -OCH3 is 1. The molecule has 19 heavy (non-hydrogen) atoms. The van der Waals surface area contributed by atoms with Gasteiger partial charge >= 0.3 is 5.97 Å². The Labute approximate surface area is 111 Å². The molecule has 1 amide bonds. The van der Waals surface area contributed by atoms with E-state index in [1.54, 1.807) is 30.2 Å². The van der Waals surface area contributed by atoms with Gasteiger partial charge in [-0.05, 0) is 12.1 Å². The predicted octanol–water partition coefficient (Wildman–Crippen LogP) is 0.883. The number of carbonyl (C=O) groups excluding carboxylic acids is 1. The lowest BCUT2D eigenvalue weighted by Crippen LogP contribution is -2.53. The Morgan fingerprint density at radius 3 is 2.79 bits per heavy atom. The smallest absolute Gasteiger partial charge is 0.306 e. The van der Waals surface area contributed by atoms with Crippen LogP contribution in [0.1, 0.15) is 17.3 Å². The Morgan fingerprint density at radius 2 is 2.21 bits per heavy atom. The molecule has 0 bridgehead atoms. The second kappa shape index (κ2) is 5.26. The van der Waals surface area contributed by atoms with Crippen molar-refractivity contribution in [2.75, 3.05) is 20.2 Å². The first-order valence-corrected chi connectivity index (χ1v) is 6.05. The van der Waals surface area contributed by atoms with E-state index in [1.165, 1.54) is 7.11 Å². The lowest BCUT2D eigenvalue weighted by molar-refractivity contribution is -0.144. The van der Waals surface area contributed by atoms with Crippen LogP contribution >= 0.6 is 0 Å². The second-order valence-corrected chi connectivity index (χ2v) is 4.66. The van der Waals surface area contributed by atoms with Crippen LogP contribution in [0.5, 0.6) is 5.88 Å². The minimum atomic E-state index is -0.823. The fraction of sp³-hybridized carbons (Fsp3) is 0.462. The van der Waals surface area contributed by atoms with Crippen LogP contribution in [0.25, 0.3) is 0 Å². The summed E-state index contributed by atoms with van der Waals surface area (Å²) >= 11 is 0. The van der Waals surface area contributed by atoms with E-state index in [4.69, 9.17) is 9.84 Å². The number of aliphatic carboxylic acids is 1. The molecular formula is C13H16N2O4. The fourth-order valence-corrected chi connectivity index (χ4v) is 2.08. The van der Waals surface area contributed by atoms with Gasteiger partial charge in [-0.3, -0.25) is 9.59 Å². The number of pyridine rings is 1. The van der Waals surface area contributed by atoms with Gasteiger partial charge in [0.05, 0.1) is 13.0 Å². The second-order valence-electron chi connectivity index (χ2n) is 4.66. The average Bonchev–Trinajstić information content (AvgIpc) is 2.36. The number of rotatable bonds is 4. The van der Waals surface area contributed by atoms with Gasteiger partial charge in [-0.2, -0.15) is 0 Å². The lowest BCUT2D eigenvalue weighted by atomic mass is 9.86. The maximum absolute atomic E-state index is 12.2. The van der Waals surface area contributed by atoms with Crippen LogP contribution in [0.3, 0.4) is 0 Å². The molecule has 1 saturated heterocycles. The first kappa shape index (κ1) is 13.3. The SMILES string of the molecule is COc1ncccc1C(=O)N1CC(C(C)C(=O)O)C1. The molecular weight excluding hydrogens is 248 g/mol. The summed E-state index contributed by atoms with van der Waals surface area (Å²) in [5.41, 5.74) is 0.409. The van der Waals surface area contributed by atoms with Gasteiger partial charge in [-0.15, -0.1) is 0 Å². The van der Waals surface area contributed by atoms with Crippen molar-refractivity contribution in [3.63, 3.8) is 0 Å². The Bertz CT molecular complexity index is 497. The minimum absolute atomic E-state index is 0.0177. The number of amides is 1. The lowest BCUT2D eigenvalue weighted by Gasteiger charge is -2.41. The van der Waals surface area contributed by atoms with E-state index in [0.29, 0.717) is 24.5 Å². The van der Waals surface area contributed by atoms with Gasteiger partial charge in [0, 0.05) is 25.2 Å². The third-order valence-corrected chi connectivity index (χ3v) is 3.49. The van der Waals surface area contributed by atoms with E-state index in [0.717, 1.165) is 0 Å². The van der Waals surface area contributed by atoms with Crippen molar-refractivity contribution in [3.8, 4) is 5.88 Å². The zero-order valence-electron chi connectivity index (χ0n) is 10.9. The standard InChI is InChI=1S/C13H16N2O4/c1-8(13(17)18)9-6-15(7-9)12(16)10-4-3-5-14-11(10)19-2/h3-5,8-9H,6-7H2,1-2H3,(H,17,18). The number of ether oxygens (including phenoxy) is 1. The molecule has 1 aromatic rings. The highest BCUT2D eigenvalue weighted by atomic mass is 16.5. The summed E-state index contributed by atoms with van der Waals surface area (Å²) in [7, 11) is 1.46. The molecule has 1 fully saturated rings. The molecule has 0 spiro atoms. The summed E-state index contributed by atoms with van der Waals surface area (Å²) in [5.74, 6) is -1.11. The zero-order valence-corrected chi connectivity index (χ0v) is 10.9. The van der Waals surface area contributed by atoms with Gasteiger partial charge < -0.3 is 14.7 Å². The van der Waals surface area contributed by atoms with Crippen molar-refractivity contribution in [3.05, 3.63) is 23.9 Å². The number of hydrogen-bond acceptors (Lipinski definition) is 4. The first-order valence-electron chi connectivity index (χ1n) is 6.05. The highest BCUT2D eigenvalue weighted by molar-refractivity contribution is 5.96. The van der Waals surface area contributed by atoms with Crippen molar-refractivity contribution in [1.29, 1.82) is 0 Å². The number of carbonyl (C=O) groups is 2. The zero-order chi connectivity index (χ0) is 14.0. The quantitative estimate of drug-likeness (QED) is 0.873. The maximum atomic E-state index is 12.2. The van der Waals surface area contributed by atoms with E-state index in [-0.39, 0.29) is 11.8 Å². The third kappa shape index (κ3) is 2.52. The molecule has 6 heteroatoms. The molecule has 0 saturated carbocycles. The van der Waals surface area contributed by atoms with Crippen LogP contribution in [0.2, 0.25) is 0 Å². The van der Waals surface area contributed by atoms with Crippen LogP contribution in [-0.2, 0) is 4.79 Å². The van der Waals surface area contributed by atoms with E-state index in [9.17, 15) is 9.59 Å². The maximum Gasteiger partial charge on any atom is 0.306 e. The Morgan fingerprint density at radius 1 is 1.53 bits per heavy atom. The molecule has 1 unspecified atom stereocenters. The van der Waals surface area contributed by atoms with Crippen molar-refractivity contribution in [2.45, 2.75) is 6.92 Å². The molecule has 2 rings (SSSR count). The highest BCUT2D eigenvalue weighted by Gasteiger charge is 2.38. The van der Waals surface area contributed by atoms with Crippen molar-refractivity contribution in [2.24, 2.45) is 11.8 Å². The Hall–Kier alpha value is -2.11. The number of hydrogen-bond donors (Lipinski definition) is 1. The van der Waals surface area contributed by atoms with Crippen LogP contribution in [-0.4, -0.2) is 47.1 Å². The molecule has 0 aliphatic carbocycles. The largest absolute Gasteiger partial charge is 0.481 e. The molecule has 1 aliphatic heterocycles. The topological polar surface area (TPSA) is 79.7 Å². The number of aromatic nitrogens is 1. The molecule has 1 N–H and O–H groups in total. The van der Waals surface area contributed by atoms with E-state index in [2.05, 4.69) is 4.98 Å². The van der Waals surface area contributed by atoms with E-state index in [1.807, 2.05) is 0 Å². The summed E-state index contributed by atoms with van der Waals surface area (Å²) in [5, 5.41) is 8.91. The Balaban J connectivity index is 2.02. The van der Waals surface area contributed by atoms with Crippen molar-refractivity contribution >= 4 is 11.9 Å². The molecule has 0 aromatic carbocycles. The van der Waals surface area contributed by atoms with Crippen molar-refractivity contribution < 1.29 is 19.4 Å². The molecule has 6 nitrogen and oxygen atoms in total. The van der Waals surface area contributed by atoms with Gasteiger partial charge in [0.2, 0.25) is 5.88 Å². The molecule has 2 heterocycles. The minimum Gasteiger partial charge on any atom is -0.481 e. The predicted molar refractivity (Wildman–Crippen MR) is 67.0 cm³/mol. The first-order chi connectivity index (χ1) is 9.04. The summed E-state index contributed by atoms with van der Waals surface area (Å²) in [6, 6.07) is 3.33. The van der Waals surface area contributed by atoms with Gasteiger partial charge in [0.15, 0.2) is 0 Å². The van der Waals surface area contributed by atoms with Crippen LogP contribution in [0.15, 0.2) is 18.3 Å². The number of likely N-dealkylation sites (tertiary alicyclic amines) is 1. The Kier molecular flexibility index (Phi) is 3.69. The summed E-state index contributed by atoms with van der Waals surface area (Å²) < 4.78 is 5.05. The molecule has 102 valence electrons. The molecule has 1 atom stereocenters. The molecule has 0 radical (unpaired) electrons. The number of nitrogens with zero attached hydrogens (tertiary/aromatic N) is 2. The molecule has 1 aliphatic rings. The van der Waals surface area contributed by atoms with Crippen LogP contribution < -0.4 is 4.74 Å². The van der Waals surface area contributed by atoms with Gasteiger partial charge in [0.25, 0.3) is 5.91 Å². The van der Waals surface area contributed by atoms with E-state index < -0.39 is 11.9 Å². The summed E-state index contributed by atoms with van der Waals surface area (Å²) in [4.78, 5) is 28.6. The van der Waals surface area contributed by atoms with Crippen LogP contribution in [0.4, 0.5) is 0 Å². The monoisotopic (exact) mass is 264 g/mol. The number of carboxylic acid groups (broad SMARTS) is 1. The summed E-state index contributed by atoms with van der Waals surface area (Å²) in [6.45, 7) is 2.59. The normalized spacial score (nSPS) is 16.6. The van der Waals surface area contributed by atoms with E-state index >= 15 is 0 Å². The van der Waals surface area contributed by atoms with Gasteiger partial charge in [-0.1, -0.05) is 6.92 Å². The molecule has 1 aromatic heterocycles. The van der Waals surface area contributed by atoms with Crippen LogP contribution in [0, 0.1) is 11.8 Å². The number of carboxylic acids is 1. The third-order valence-electron chi connectivity index (χ3n) is 3.49.